The highest BCUT2D eigenvalue weighted by Crippen LogP contribution is 2.18. The Morgan fingerprint density at radius 2 is 1.89 bits per heavy atom. The summed E-state index contributed by atoms with van der Waals surface area (Å²) in [7, 11) is 1.41. The maximum absolute atomic E-state index is 11.1. The smallest absolute Gasteiger partial charge is 0.305 e. The van der Waals surface area contributed by atoms with E-state index in [1.807, 2.05) is 49.4 Å². The number of ether oxygens (including phenoxy) is 1. The molecule has 1 aromatic carbocycles. The maximum atomic E-state index is 11.1. The van der Waals surface area contributed by atoms with Crippen LogP contribution < -0.4 is 0 Å². The van der Waals surface area contributed by atoms with Crippen molar-refractivity contribution in [3.8, 4) is 11.3 Å². The van der Waals surface area contributed by atoms with E-state index in [2.05, 4.69) is 9.72 Å². The molecule has 2 aromatic rings. The molecule has 0 aliphatic carbocycles. The SMILES string of the molecule is COC(=O)CCc1ccc(-c2cccc(C)n2)cc1. The van der Waals surface area contributed by atoms with Gasteiger partial charge in [-0.25, -0.2) is 0 Å². The molecule has 0 atom stereocenters. The summed E-state index contributed by atoms with van der Waals surface area (Å²) in [6.07, 6.45) is 1.12. The molecular weight excluding hydrogens is 238 g/mol. The molecule has 0 N–H and O–H groups in total. The van der Waals surface area contributed by atoms with Gasteiger partial charge in [0.2, 0.25) is 0 Å². The van der Waals surface area contributed by atoms with Gasteiger partial charge in [-0.2, -0.15) is 0 Å². The van der Waals surface area contributed by atoms with Crippen LogP contribution in [0.2, 0.25) is 0 Å². The first-order valence-corrected chi connectivity index (χ1v) is 6.29. The van der Waals surface area contributed by atoms with Crippen LogP contribution in [0.25, 0.3) is 11.3 Å². The Morgan fingerprint density at radius 3 is 2.53 bits per heavy atom. The zero-order valence-corrected chi connectivity index (χ0v) is 11.2. The van der Waals surface area contributed by atoms with Gasteiger partial charge in [-0.3, -0.25) is 9.78 Å². The lowest BCUT2D eigenvalue weighted by Crippen LogP contribution is -2.01. The molecule has 3 heteroatoms. The molecule has 0 amide bonds. The highest BCUT2D eigenvalue weighted by atomic mass is 16.5. The van der Waals surface area contributed by atoms with Gasteiger partial charge < -0.3 is 4.74 Å². The van der Waals surface area contributed by atoms with Crippen molar-refractivity contribution in [3.63, 3.8) is 0 Å². The molecular formula is C16H17NO2. The minimum atomic E-state index is -0.176. The number of esters is 1. The second-order valence-corrected chi connectivity index (χ2v) is 4.44. The molecule has 0 aliphatic rings. The van der Waals surface area contributed by atoms with E-state index in [1.54, 1.807) is 0 Å². The number of aromatic nitrogens is 1. The van der Waals surface area contributed by atoms with Gasteiger partial charge in [0.05, 0.1) is 12.8 Å². The predicted octanol–water partition coefficient (Wildman–Crippen LogP) is 3.16. The minimum Gasteiger partial charge on any atom is -0.469 e. The second-order valence-electron chi connectivity index (χ2n) is 4.44. The molecule has 0 bridgehead atoms. The van der Waals surface area contributed by atoms with Crippen molar-refractivity contribution in [2.24, 2.45) is 0 Å². The van der Waals surface area contributed by atoms with Gasteiger partial charge in [0, 0.05) is 17.7 Å². The van der Waals surface area contributed by atoms with E-state index in [0.29, 0.717) is 12.8 Å². The van der Waals surface area contributed by atoms with Crippen molar-refractivity contribution in [1.29, 1.82) is 0 Å². The Hall–Kier alpha value is -2.16. The van der Waals surface area contributed by atoms with Crippen molar-refractivity contribution in [1.82, 2.24) is 4.98 Å². The fourth-order valence-corrected chi connectivity index (χ4v) is 1.89. The Balaban J connectivity index is 2.08. The molecule has 1 heterocycles. The summed E-state index contributed by atoms with van der Waals surface area (Å²) >= 11 is 0. The predicted molar refractivity (Wildman–Crippen MR) is 74.7 cm³/mol. The number of hydrogen-bond donors (Lipinski definition) is 0. The Morgan fingerprint density at radius 1 is 1.16 bits per heavy atom. The first-order chi connectivity index (χ1) is 9.19. The van der Waals surface area contributed by atoms with Gasteiger partial charge in [0.25, 0.3) is 0 Å². The molecule has 0 aliphatic heterocycles. The van der Waals surface area contributed by atoms with Crippen LogP contribution in [-0.2, 0) is 16.0 Å². The van der Waals surface area contributed by atoms with Gasteiger partial charge >= 0.3 is 5.97 Å². The van der Waals surface area contributed by atoms with Crippen molar-refractivity contribution in [2.75, 3.05) is 7.11 Å². The quantitative estimate of drug-likeness (QED) is 0.788. The molecule has 19 heavy (non-hydrogen) atoms. The van der Waals surface area contributed by atoms with E-state index in [-0.39, 0.29) is 5.97 Å². The molecule has 0 fully saturated rings. The van der Waals surface area contributed by atoms with Crippen molar-refractivity contribution >= 4 is 5.97 Å². The van der Waals surface area contributed by atoms with Crippen LogP contribution in [0.1, 0.15) is 17.7 Å². The molecule has 98 valence electrons. The summed E-state index contributed by atoms with van der Waals surface area (Å²) in [4.78, 5) is 15.6. The first-order valence-electron chi connectivity index (χ1n) is 6.29. The Labute approximate surface area is 113 Å². The third kappa shape index (κ3) is 3.65. The summed E-state index contributed by atoms with van der Waals surface area (Å²) in [6, 6.07) is 14.1. The Bertz CT molecular complexity index is 561. The van der Waals surface area contributed by atoms with Crippen LogP contribution >= 0.6 is 0 Å². The number of pyridine rings is 1. The normalized spacial score (nSPS) is 10.2. The average Bonchev–Trinajstić information content (AvgIpc) is 2.45. The van der Waals surface area contributed by atoms with Crippen LogP contribution in [0.3, 0.4) is 0 Å². The third-order valence-electron chi connectivity index (χ3n) is 2.98. The molecule has 1 aromatic heterocycles. The van der Waals surface area contributed by atoms with E-state index >= 15 is 0 Å². The summed E-state index contributed by atoms with van der Waals surface area (Å²) in [6.45, 7) is 1.98. The van der Waals surface area contributed by atoms with Gasteiger partial charge in [-0.1, -0.05) is 30.3 Å². The summed E-state index contributed by atoms with van der Waals surface area (Å²) < 4.78 is 4.63. The van der Waals surface area contributed by atoms with E-state index in [9.17, 15) is 4.79 Å². The zero-order chi connectivity index (χ0) is 13.7. The van der Waals surface area contributed by atoms with Crippen molar-refractivity contribution < 1.29 is 9.53 Å². The number of carbonyl (C=O) groups excluding carboxylic acids is 1. The van der Waals surface area contributed by atoms with Gasteiger partial charge in [-0.15, -0.1) is 0 Å². The molecule has 2 rings (SSSR count). The van der Waals surface area contributed by atoms with Crippen LogP contribution in [0.5, 0.6) is 0 Å². The number of methoxy groups -OCH3 is 1. The number of aryl methyl sites for hydroxylation is 2. The maximum Gasteiger partial charge on any atom is 0.305 e. The van der Waals surface area contributed by atoms with Gasteiger partial charge in [0.1, 0.15) is 0 Å². The zero-order valence-electron chi connectivity index (χ0n) is 11.2. The second kappa shape index (κ2) is 6.14. The van der Waals surface area contributed by atoms with E-state index in [4.69, 9.17) is 0 Å². The highest BCUT2D eigenvalue weighted by molar-refractivity contribution is 5.69. The van der Waals surface area contributed by atoms with Gasteiger partial charge in [-0.05, 0) is 31.0 Å². The number of hydrogen-bond acceptors (Lipinski definition) is 3. The van der Waals surface area contributed by atoms with Crippen LogP contribution in [0, 0.1) is 6.92 Å². The molecule has 0 radical (unpaired) electrons. The fourth-order valence-electron chi connectivity index (χ4n) is 1.89. The molecule has 0 saturated carbocycles. The van der Waals surface area contributed by atoms with E-state index < -0.39 is 0 Å². The number of benzene rings is 1. The lowest BCUT2D eigenvalue weighted by molar-refractivity contribution is -0.140. The molecule has 3 nitrogen and oxygen atoms in total. The molecule has 0 saturated heterocycles. The summed E-state index contributed by atoms with van der Waals surface area (Å²) in [5.41, 5.74) is 4.19. The highest BCUT2D eigenvalue weighted by Gasteiger charge is 2.03. The Kier molecular flexibility index (Phi) is 4.29. The van der Waals surface area contributed by atoms with Crippen molar-refractivity contribution in [3.05, 3.63) is 53.7 Å². The topological polar surface area (TPSA) is 39.2 Å². The largest absolute Gasteiger partial charge is 0.469 e. The van der Waals surface area contributed by atoms with Gasteiger partial charge in [0.15, 0.2) is 0 Å². The van der Waals surface area contributed by atoms with Crippen molar-refractivity contribution in [2.45, 2.75) is 19.8 Å². The summed E-state index contributed by atoms with van der Waals surface area (Å²) in [5, 5.41) is 0. The van der Waals surface area contributed by atoms with E-state index in [1.165, 1.54) is 7.11 Å². The average molecular weight is 255 g/mol. The summed E-state index contributed by atoms with van der Waals surface area (Å²) in [5.74, 6) is -0.176. The van der Waals surface area contributed by atoms with Crippen LogP contribution in [0.4, 0.5) is 0 Å². The fraction of sp³-hybridized carbons (Fsp3) is 0.250. The minimum absolute atomic E-state index is 0.176. The van der Waals surface area contributed by atoms with Crippen LogP contribution in [0.15, 0.2) is 42.5 Å². The first kappa shape index (κ1) is 13.3. The standard InChI is InChI=1S/C16H17NO2/c1-12-4-3-5-15(17-12)14-9-6-13(7-10-14)8-11-16(18)19-2/h3-7,9-10H,8,11H2,1-2H3. The van der Waals surface area contributed by atoms with E-state index in [0.717, 1.165) is 22.5 Å². The number of nitrogens with zero attached hydrogens (tertiary/aromatic N) is 1. The monoisotopic (exact) mass is 255 g/mol. The molecule has 0 spiro atoms. The lowest BCUT2D eigenvalue weighted by atomic mass is 10.1. The number of rotatable bonds is 4. The van der Waals surface area contributed by atoms with Crippen LogP contribution in [-0.4, -0.2) is 18.1 Å². The third-order valence-corrected chi connectivity index (χ3v) is 2.98. The lowest BCUT2D eigenvalue weighted by Gasteiger charge is -2.04. The molecule has 0 unspecified atom stereocenters. The number of carbonyl (C=O) groups is 1.